The molecular weight excluding hydrogens is 385 g/mol. The van der Waals surface area contributed by atoms with Crippen molar-refractivity contribution in [3.8, 4) is 0 Å². The summed E-state index contributed by atoms with van der Waals surface area (Å²) in [4.78, 5) is 50.2. The highest BCUT2D eigenvalue weighted by Gasteiger charge is 2.45. The molecule has 9 nitrogen and oxygen atoms in total. The normalized spacial score (nSPS) is 24.7. The van der Waals surface area contributed by atoms with Crippen molar-refractivity contribution in [1.29, 1.82) is 0 Å². The Morgan fingerprint density at radius 2 is 1.76 bits per heavy atom. The number of nitrogens with zero attached hydrogens (tertiary/aromatic N) is 3. The summed E-state index contributed by atoms with van der Waals surface area (Å²) in [6.07, 6.45) is -0.0501. The van der Waals surface area contributed by atoms with E-state index in [0.717, 1.165) is 5.01 Å². The second kappa shape index (κ2) is 8.08. The van der Waals surface area contributed by atoms with Gasteiger partial charge in [0.25, 0.3) is 5.91 Å². The minimum absolute atomic E-state index is 0.0980. The summed E-state index contributed by atoms with van der Waals surface area (Å²) in [6.45, 7) is 7.51. The smallest absolute Gasteiger partial charge is 0.329 e. The van der Waals surface area contributed by atoms with Crippen LogP contribution in [-0.4, -0.2) is 76.4 Å². The molecule has 2 aliphatic heterocycles. The number of alkyl halides is 1. The van der Waals surface area contributed by atoms with Gasteiger partial charge in [-0.2, -0.15) is 5.10 Å². The molecule has 0 aromatic carbocycles. The molecule has 10 heteroatoms. The van der Waals surface area contributed by atoms with Crippen molar-refractivity contribution in [2.24, 2.45) is 15.9 Å². The van der Waals surface area contributed by atoms with Gasteiger partial charge in [0.15, 0.2) is 6.04 Å². The van der Waals surface area contributed by atoms with Crippen molar-refractivity contribution < 1.29 is 33.4 Å². The minimum atomic E-state index is -1.33. The Kier molecular flexibility index (Phi) is 6.34. The van der Waals surface area contributed by atoms with E-state index < -0.39 is 46.9 Å². The van der Waals surface area contributed by atoms with Crippen molar-refractivity contribution in [3.63, 3.8) is 0 Å². The highest BCUT2D eigenvalue weighted by molar-refractivity contribution is 5.91. The van der Waals surface area contributed by atoms with Crippen LogP contribution in [0.25, 0.3) is 0 Å². The van der Waals surface area contributed by atoms with Gasteiger partial charge in [-0.3, -0.25) is 9.59 Å². The highest BCUT2D eigenvalue weighted by Crippen LogP contribution is 2.29. The molecule has 1 fully saturated rings. The summed E-state index contributed by atoms with van der Waals surface area (Å²) in [5, 5.41) is 13.9. The van der Waals surface area contributed by atoms with Gasteiger partial charge >= 0.3 is 11.9 Å². The van der Waals surface area contributed by atoms with Crippen molar-refractivity contribution in [3.05, 3.63) is 0 Å². The molecule has 2 rings (SSSR count). The van der Waals surface area contributed by atoms with Gasteiger partial charge in [-0.15, -0.1) is 0 Å². The maximum Gasteiger partial charge on any atom is 0.329 e. The first-order valence-electron chi connectivity index (χ1n) is 9.46. The van der Waals surface area contributed by atoms with E-state index in [-0.39, 0.29) is 31.9 Å². The summed E-state index contributed by atoms with van der Waals surface area (Å²) in [5.74, 6) is -2.93. The maximum atomic E-state index is 13.9. The number of likely N-dealkylation sites (tertiary alicyclic amines) is 1. The average molecular weight is 413 g/mol. The number of esters is 1. The number of hydrazone groups is 1. The first kappa shape index (κ1) is 22.8. The third-order valence-corrected chi connectivity index (χ3v) is 4.90. The number of hydrogen-bond acceptors (Lipinski definition) is 6. The number of halogens is 1. The lowest BCUT2D eigenvalue weighted by atomic mass is 9.92. The lowest BCUT2D eigenvalue weighted by Crippen LogP contribution is -2.49. The predicted octanol–water partition coefficient (Wildman–Crippen LogP) is 1.21. The molecule has 2 aliphatic rings. The third-order valence-electron chi connectivity index (χ3n) is 4.90. The zero-order chi connectivity index (χ0) is 22.1. The second-order valence-electron chi connectivity index (χ2n) is 9.09. The van der Waals surface area contributed by atoms with E-state index in [1.165, 1.54) is 25.0 Å². The standard InChI is InChI=1S/C19H28FN3O6/c1-18(2,3)16(27)22-9-11(20)8-13(22)15(26)29-10-19(4,5)17(28)23-12(14(24)25)6-7-21-23/h7,11-13H,6,8-10H2,1-5H3,(H,24,25)/t11-,12?,13+/m1/s1. The Morgan fingerprint density at radius 3 is 2.31 bits per heavy atom. The number of carboxylic acids is 1. The van der Waals surface area contributed by atoms with Gasteiger partial charge in [0.1, 0.15) is 18.8 Å². The van der Waals surface area contributed by atoms with E-state index in [1.807, 2.05) is 0 Å². The molecule has 0 aliphatic carbocycles. The predicted molar refractivity (Wildman–Crippen MR) is 101 cm³/mol. The fourth-order valence-electron chi connectivity index (χ4n) is 3.20. The van der Waals surface area contributed by atoms with Crippen LogP contribution in [-0.2, 0) is 23.9 Å². The Bertz CT molecular complexity index is 730. The van der Waals surface area contributed by atoms with Crippen LogP contribution < -0.4 is 0 Å². The number of amides is 2. The largest absolute Gasteiger partial charge is 0.480 e. The summed E-state index contributed by atoms with van der Waals surface area (Å²) < 4.78 is 19.2. The quantitative estimate of drug-likeness (QED) is 0.677. The summed E-state index contributed by atoms with van der Waals surface area (Å²) in [7, 11) is 0. The van der Waals surface area contributed by atoms with E-state index in [1.54, 1.807) is 20.8 Å². The number of hydrogen-bond donors (Lipinski definition) is 1. The van der Waals surface area contributed by atoms with Crippen LogP contribution in [0.1, 0.15) is 47.5 Å². The summed E-state index contributed by atoms with van der Waals surface area (Å²) >= 11 is 0. The van der Waals surface area contributed by atoms with Crippen LogP contribution in [0.4, 0.5) is 4.39 Å². The lowest BCUT2D eigenvalue weighted by molar-refractivity contribution is -0.163. The van der Waals surface area contributed by atoms with Crippen LogP contribution in [0.3, 0.4) is 0 Å². The molecule has 29 heavy (non-hydrogen) atoms. The SMILES string of the molecule is CC(C)(C)C(=O)N1C[C@H](F)C[C@H]1C(=O)OCC(C)(C)C(=O)N1N=CCC1C(=O)O. The van der Waals surface area contributed by atoms with Gasteiger partial charge in [-0.05, 0) is 13.8 Å². The van der Waals surface area contributed by atoms with E-state index in [9.17, 15) is 28.7 Å². The number of carboxylic acid groups (broad SMARTS) is 1. The molecule has 0 aromatic rings. The summed E-state index contributed by atoms with van der Waals surface area (Å²) in [6, 6.07) is -2.15. The van der Waals surface area contributed by atoms with Gasteiger partial charge < -0.3 is 14.7 Å². The van der Waals surface area contributed by atoms with Gasteiger partial charge in [0.05, 0.1) is 12.0 Å². The number of carbonyl (C=O) groups excluding carboxylic acids is 3. The number of carbonyl (C=O) groups is 4. The van der Waals surface area contributed by atoms with Gasteiger partial charge in [0, 0.05) is 24.5 Å². The zero-order valence-electron chi connectivity index (χ0n) is 17.3. The van der Waals surface area contributed by atoms with E-state index in [2.05, 4.69) is 5.10 Å². The number of rotatable bonds is 5. The monoisotopic (exact) mass is 413 g/mol. The van der Waals surface area contributed by atoms with Gasteiger partial charge in [-0.25, -0.2) is 19.0 Å². The fraction of sp³-hybridized carbons (Fsp3) is 0.737. The summed E-state index contributed by atoms with van der Waals surface area (Å²) in [5.41, 5.74) is -2.03. The van der Waals surface area contributed by atoms with Crippen LogP contribution in [0.15, 0.2) is 5.10 Å². The first-order valence-corrected chi connectivity index (χ1v) is 9.46. The molecule has 3 atom stereocenters. The molecule has 0 bridgehead atoms. The molecule has 162 valence electrons. The third kappa shape index (κ3) is 4.91. The number of ether oxygens (including phenoxy) is 1. The molecule has 1 saturated heterocycles. The molecule has 1 unspecified atom stereocenters. The minimum Gasteiger partial charge on any atom is -0.480 e. The number of aliphatic carboxylic acids is 1. The van der Waals surface area contributed by atoms with Crippen LogP contribution in [0, 0.1) is 10.8 Å². The Hall–Kier alpha value is -2.52. The van der Waals surface area contributed by atoms with Gasteiger partial charge in [0.2, 0.25) is 5.91 Å². The molecule has 1 N–H and O–H groups in total. The average Bonchev–Trinajstić information content (AvgIpc) is 3.24. The van der Waals surface area contributed by atoms with Crippen molar-refractivity contribution in [2.45, 2.75) is 65.7 Å². The Balaban J connectivity index is 2.04. The van der Waals surface area contributed by atoms with E-state index in [4.69, 9.17) is 4.74 Å². The Labute approximate surface area is 168 Å². The fourth-order valence-corrected chi connectivity index (χ4v) is 3.20. The zero-order valence-corrected chi connectivity index (χ0v) is 17.3. The first-order chi connectivity index (χ1) is 13.3. The van der Waals surface area contributed by atoms with E-state index >= 15 is 0 Å². The molecule has 2 heterocycles. The second-order valence-corrected chi connectivity index (χ2v) is 9.09. The van der Waals surface area contributed by atoms with Crippen LogP contribution >= 0.6 is 0 Å². The van der Waals surface area contributed by atoms with Crippen molar-refractivity contribution >= 4 is 30.0 Å². The lowest BCUT2D eigenvalue weighted by Gasteiger charge is -2.31. The molecule has 0 spiro atoms. The van der Waals surface area contributed by atoms with Crippen LogP contribution in [0.5, 0.6) is 0 Å². The van der Waals surface area contributed by atoms with Crippen molar-refractivity contribution in [1.82, 2.24) is 9.91 Å². The van der Waals surface area contributed by atoms with Gasteiger partial charge in [-0.1, -0.05) is 20.8 Å². The van der Waals surface area contributed by atoms with Crippen LogP contribution in [0.2, 0.25) is 0 Å². The Morgan fingerprint density at radius 1 is 1.14 bits per heavy atom. The molecule has 0 radical (unpaired) electrons. The topological polar surface area (TPSA) is 117 Å². The molecule has 0 aromatic heterocycles. The maximum absolute atomic E-state index is 13.9. The molecule has 0 saturated carbocycles. The highest BCUT2D eigenvalue weighted by atomic mass is 19.1. The molecular formula is C19H28FN3O6. The molecule has 2 amide bonds. The van der Waals surface area contributed by atoms with Crippen molar-refractivity contribution in [2.75, 3.05) is 13.2 Å². The van der Waals surface area contributed by atoms with E-state index in [0.29, 0.717) is 0 Å².